The molecule has 0 spiro atoms. The molecule has 116 valence electrons. The summed E-state index contributed by atoms with van der Waals surface area (Å²) in [6.45, 7) is 5.25. The van der Waals surface area contributed by atoms with E-state index in [1.54, 1.807) is 19.1 Å². The quantitative estimate of drug-likeness (QED) is 0.811. The number of carbonyl (C=O) groups excluding carboxylic acids is 1. The number of halogens is 1. The van der Waals surface area contributed by atoms with E-state index in [-0.39, 0.29) is 12.5 Å². The van der Waals surface area contributed by atoms with Crippen LogP contribution in [-0.2, 0) is 9.59 Å². The molecule has 2 atom stereocenters. The van der Waals surface area contributed by atoms with Gasteiger partial charge in [-0.25, -0.2) is 4.79 Å². The molecule has 0 saturated heterocycles. The minimum Gasteiger partial charge on any atom is -0.482 e. The molecule has 1 rings (SSSR count). The van der Waals surface area contributed by atoms with Crippen LogP contribution in [0.3, 0.4) is 0 Å². The molecular weight excluding hydrogens is 294 g/mol. The van der Waals surface area contributed by atoms with E-state index < -0.39 is 17.9 Å². The second-order valence-electron chi connectivity index (χ2n) is 4.99. The molecule has 0 aliphatic heterocycles. The molecule has 0 radical (unpaired) electrons. The molecule has 2 N–H and O–H groups in total. The summed E-state index contributed by atoms with van der Waals surface area (Å²) < 4.78 is 5.34. The number of carboxylic acids is 1. The molecule has 0 fully saturated rings. The van der Waals surface area contributed by atoms with Gasteiger partial charge in [-0.05, 0) is 30.5 Å². The number of nitrogens with one attached hydrogen (secondary N) is 1. The third-order valence-electron chi connectivity index (χ3n) is 3.24. The molecule has 0 heterocycles. The zero-order valence-corrected chi connectivity index (χ0v) is 13.1. The first-order chi connectivity index (χ1) is 9.85. The van der Waals surface area contributed by atoms with Gasteiger partial charge in [-0.15, -0.1) is 0 Å². The van der Waals surface area contributed by atoms with Crippen molar-refractivity contribution in [3.8, 4) is 5.75 Å². The predicted octanol–water partition coefficient (Wildman–Crippen LogP) is 2.64. The topological polar surface area (TPSA) is 75.6 Å². The largest absolute Gasteiger partial charge is 0.482 e. The lowest BCUT2D eigenvalue weighted by Crippen LogP contribution is -2.46. The van der Waals surface area contributed by atoms with Crippen molar-refractivity contribution >= 4 is 23.5 Å². The number of benzene rings is 1. The number of carboxylic acid groups (broad SMARTS) is 1. The summed E-state index contributed by atoms with van der Waals surface area (Å²) in [6.07, 6.45) is 0.655. The Morgan fingerprint density at radius 3 is 2.67 bits per heavy atom. The molecule has 0 unspecified atom stereocenters. The van der Waals surface area contributed by atoms with Crippen LogP contribution in [0.1, 0.15) is 25.8 Å². The van der Waals surface area contributed by atoms with Crippen LogP contribution in [0.25, 0.3) is 0 Å². The summed E-state index contributed by atoms with van der Waals surface area (Å²) in [7, 11) is 0. The van der Waals surface area contributed by atoms with E-state index in [9.17, 15) is 9.59 Å². The Balaban J connectivity index is 2.61. The Labute approximate surface area is 129 Å². The van der Waals surface area contributed by atoms with Crippen molar-refractivity contribution in [2.24, 2.45) is 5.92 Å². The van der Waals surface area contributed by atoms with Crippen LogP contribution < -0.4 is 10.1 Å². The van der Waals surface area contributed by atoms with Crippen LogP contribution in [0.4, 0.5) is 0 Å². The van der Waals surface area contributed by atoms with Gasteiger partial charge in [-0.1, -0.05) is 37.9 Å². The van der Waals surface area contributed by atoms with E-state index in [0.29, 0.717) is 17.2 Å². The first kappa shape index (κ1) is 17.3. The third-order valence-corrected chi connectivity index (χ3v) is 3.55. The average Bonchev–Trinajstić information content (AvgIpc) is 2.44. The van der Waals surface area contributed by atoms with Crippen LogP contribution >= 0.6 is 11.6 Å². The highest BCUT2D eigenvalue weighted by atomic mass is 35.5. The first-order valence-electron chi connectivity index (χ1n) is 6.76. The second kappa shape index (κ2) is 7.88. The Morgan fingerprint density at radius 2 is 2.10 bits per heavy atom. The van der Waals surface area contributed by atoms with Crippen molar-refractivity contribution in [3.05, 3.63) is 28.8 Å². The molecule has 0 aliphatic carbocycles. The molecule has 1 aromatic carbocycles. The van der Waals surface area contributed by atoms with E-state index in [2.05, 4.69) is 5.32 Å². The number of ether oxygens (including phenoxy) is 1. The Morgan fingerprint density at radius 1 is 1.43 bits per heavy atom. The summed E-state index contributed by atoms with van der Waals surface area (Å²) in [4.78, 5) is 22.9. The summed E-state index contributed by atoms with van der Waals surface area (Å²) in [5.41, 5.74) is 0.956. The zero-order chi connectivity index (χ0) is 16.0. The number of aryl methyl sites for hydroxylation is 1. The summed E-state index contributed by atoms with van der Waals surface area (Å²) in [5.74, 6) is -1.29. The average molecular weight is 314 g/mol. The summed E-state index contributed by atoms with van der Waals surface area (Å²) in [5, 5.41) is 12.0. The lowest BCUT2D eigenvalue weighted by atomic mass is 9.99. The van der Waals surface area contributed by atoms with Crippen LogP contribution in [0.15, 0.2) is 18.2 Å². The highest BCUT2D eigenvalue weighted by molar-refractivity contribution is 6.32. The minimum atomic E-state index is -1.05. The van der Waals surface area contributed by atoms with E-state index >= 15 is 0 Å². The van der Waals surface area contributed by atoms with Crippen molar-refractivity contribution in [2.45, 2.75) is 33.2 Å². The van der Waals surface area contributed by atoms with Crippen molar-refractivity contribution in [2.75, 3.05) is 6.61 Å². The predicted molar refractivity (Wildman–Crippen MR) is 80.7 cm³/mol. The van der Waals surface area contributed by atoms with E-state index in [4.69, 9.17) is 21.4 Å². The molecular formula is C15H20ClNO4. The van der Waals surface area contributed by atoms with Crippen molar-refractivity contribution in [1.29, 1.82) is 0 Å². The summed E-state index contributed by atoms with van der Waals surface area (Å²) in [6, 6.07) is 4.32. The fraction of sp³-hybridized carbons (Fsp3) is 0.467. The van der Waals surface area contributed by atoms with Gasteiger partial charge in [0, 0.05) is 0 Å². The van der Waals surface area contributed by atoms with Crippen LogP contribution in [-0.4, -0.2) is 29.6 Å². The highest BCUT2D eigenvalue weighted by Gasteiger charge is 2.25. The fourth-order valence-electron chi connectivity index (χ4n) is 1.76. The van der Waals surface area contributed by atoms with Crippen LogP contribution in [0.2, 0.25) is 5.02 Å². The maximum atomic E-state index is 11.8. The minimum absolute atomic E-state index is 0.158. The first-order valence-corrected chi connectivity index (χ1v) is 7.14. The molecule has 1 aromatic rings. The van der Waals surface area contributed by atoms with Gasteiger partial charge in [0.05, 0.1) is 5.02 Å². The van der Waals surface area contributed by atoms with E-state index in [1.807, 2.05) is 19.9 Å². The van der Waals surface area contributed by atoms with E-state index in [0.717, 1.165) is 5.56 Å². The normalized spacial score (nSPS) is 13.3. The Kier molecular flexibility index (Phi) is 6.49. The fourth-order valence-corrected chi connectivity index (χ4v) is 1.93. The van der Waals surface area contributed by atoms with E-state index in [1.165, 1.54) is 0 Å². The van der Waals surface area contributed by atoms with Gasteiger partial charge in [0.2, 0.25) is 0 Å². The maximum absolute atomic E-state index is 11.8. The van der Waals surface area contributed by atoms with Crippen molar-refractivity contribution in [1.82, 2.24) is 5.32 Å². The molecule has 1 amide bonds. The lowest BCUT2D eigenvalue weighted by Gasteiger charge is -2.20. The zero-order valence-electron chi connectivity index (χ0n) is 12.4. The molecule has 6 heteroatoms. The number of rotatable bonds is 7. The second-order valence-corrected chi connectivity index (χ2v) is 5.40. The number of hydrogen-bond donors (Lipinski definition) is 2. The molecule has 21 heavy (non-hydrogen) atoms. The lowest BCUT2D eigenvalue weighted by molar-refractivity contribution is -0.143. The number of carbonyl (C=O) groups is 2. The Bertz CT molecular complexity index is 518. The Hall–Kier alpha value is -1.75. The van der Waals surface area contributed by atoms with Gasteiger partial charge in [0.1, 0.15) is 11.8 Å². The van der Waals surface area contributed by atoms with Crippen LogP contribution in [0, 0.1) is 12.8 Å². The van der Waals surface area contributed by atoms with Gasteiger partial charge < -0.3 is 15.2 Å². The highest BCUT2D eigenvalue weighted by Crippen LogP contribution is 2.25. The third kappa shape index (κ3) is 5.27. The van der Waals surface area contributed by atoms with Gasteiger partial charge in [0.15, 0.2) is 6.61 Å². The number of aliphatic carboxylic acids is 1. The maximum Gasteiger partial charge on any atom is 0.326 e. The smallest absolute Gasteiger partial charge is 0.326 e. The molecule has 0 aromatic heterocycles. The van der Waals surface area contributed by atoms with Gasteiger partial charge in [-0.3, -0.25) is 4.79 Å². The molecule has 5 nitrogen and oxygen atoms in total. The number of hydrogen-bond acceptors (Lipinski definition) is 3. The standard InChI is InChI=1S/C15H20ClNO4/c1-4-10(3)14(15(19)20)17-13(18)8-21-12-7-9(2)5-6-11(12)16/h5-7,10,14H,4,8H2,1-3H3,(H,17,18)(H,19,20)/t10-,14-/m0/s1. The van der Waals surface area contributed by atoms with Crippen molar-refractivity contribution in [3.63, 3.8) is 0 Å². The van der Waals surface area contributed by atoms with Gasteiger partial charge >= 0.3 is 5.97 Å². The SMILES string of the molecule is CC[C@H](C)[C@H](NC(=O)COc1cc(C)ccc1Cl)C(=O)O. The van der Waals surface area contributed by atoms with Gasteiger partial charge in [0.25, 0.3) is 5.91 Å². The molecule has 0 bridgehead atoms. The van der Waals surface area contributed by atoms with Gasteiger partial charge in [-0.2, -0.15) is 0 Å². The summed E-state index contributed by atoms with van der Waals surface area (Å²) >= 11 is 5.96. The van der Waals surface area contributed by atoms with Crippen molar-refractivity contribution < 1.29 is 19.4 Å². The van der Waals surface area contributed by atoms with Crippen LogP contribution in [0.5, 0.6) is 5.75 Å². The monoisotopic (exact) mass is 313 g/mol. The molecule has 0 saturated carbocycles. The molecule has 0 aliphatic rings. The number of amides is 1.